The number of rotatable bonds is 6. The van der Waals surface area contributed by atoms with Crippen molar-refractivity contribution in [3.8, 4) is 0 Å². The second-order valence-corrected chi connectivity index (χ2v) is 5.85. The van der Waals surface area contributed by atoms with Gasteiger partial charge in [-0.3, -0.25) is 14.4 Å². The zero-order valence-electron chi connectivity index (χ0n) is 12.9. The van der Waals surface area contributed by atoms with Crippen LogP contribution in [0.2, 0.25) is 10.0 Å². The highest BCUT2D eigenvalue weighted by atomic mass is 35.5. The standard InChI is InChI=1S/C16H15Cl2N3O3/c1-2-3-14(23)20-11-6-4-10(5-7-11)13(22)9-21-16(24)15(18)12(17)8-19-21/h4-8H,2-3,9H2,1H3,(H,20,23). The number of halogens is 2. The predicted octanol–water partition coefficient (Wildman–Crippen LogP) is 3.17. The van der Waals surface area contributed by atoms with E-state index >= 15 is 0 Å². The summed E-state index contributed by atoms with van der Waals surface area (Å²) in [5.41, 5.74) is 0.374. The summed E-state index contributed by atoms with van der Waals surface area (Å²) < 4.78 is 0.952. The molecule has 0 fully saturated rings. The van der Waals surface area contributed by atoms with Gasteiger partial charge in [-0.05, 0) is 30.7 Å². The van der Waals surface area contributed by atoms with Crippen molar-refractivity contribution < 1.29 is 9.59 Å². The van der Waals surface area contributed by atoms with Crippen LogP contribution in [0.25, 0.3) is 0 Å². The quantitative estimate of drug-likeness (QED) is 0.795. The summed E-state index contributed by atoms with van der Waals surface area (Å²) in [5.74, 6) is -0.391. The molecule has 0 atom stereocenters. The van der Waals surface area contributed by atoms with E-state index < -0.39 is 5.56 Å². The van der Waals surface area contributed by atoms with Crippen LogP contribution < -0.4 is 10.9 Å². The number of hydrogen-bond donors (Lipinski definition) is 1. The van der Waals surface area contributed by atoms with Crippen LogP contribution in [0, 0.1) is 0 Å². The Bertz CT molecular complexity index is 816. The van der Waals surface area contributed by atoms with Crippen LogP contribution in [0.1, 0.15) is 30.1 Å². The Hall–Kier alpha value is -2.18. The normalized spacial score (nSPS) is 10.5. The molecule has 2 aromatic rings. The van der Waals surface area contributed by atoms with Gasteiger partial charge in [0.1, 0.15) is 11.6 Å². The first-order valence-corrected chi connectivity index (χ1v) is 8.02. The second-order valence-electron chi connectivity index (χ2n) is 5.07. The van der Waals surface area contributed by atoms with Crippen LogP contribution in [0.4, 0.5) is 5.69 Å². The SMILES string of the molecule is CCCC(=O)Nc1ccc(C(=O)Cn2ncc(Cl)c(Cl)c2=O)cc1. The Morgan fingerprint density at radius 1 is 1.21 bits per heavy atom. The molecular formula is C16H15Cl2N3O3. The molecule has 1 amide bonds. The van der Waals surface area contributed by atoms with Gasteiger partial charge >= 0.3 is 0 Å². The zero-order valence-corrected chi connectivity index (χ0v) is 14.4. The maximum Gasteiger partial charge on any atom is 0.287 e. The third-order valence-electron chi connectivity index (χ3n) is 3.20. The fourth-order valence-corrected chi connectivity index (χ4v) is 2.25. The van der Waals surface area contributed by atoms with Crippen LogP contribution in [0.15, 0.2) is 35.3 Å². The van der Waals surface area contributed by atoms with E-state index in [0.717, 1.165) is 11.1 Å². The summed E-state index contributed by atoms with van der Waals surface area (Å²) in [6, 6.07) is 6.41. The molecule has 0 spiro atoms. The number of ketones is 1. The molecule has 24 heavy (non-hydrogen) atoms. The first-order chi connectivity index (χ1) is 11.4. The van der Waals surface area contributed by atoms with Crippen molar-refractivity contribution in [3.63, 3.8) is 0 Å². The second kappa shape index (κ2) is 8.08. The highest BCUT2D eigenvalue weighted by molar-refractivity contribution is 6.41. The lowest BCUT2D eigenvalue weighted by Gasteiger charge is -2.07. The molecule has 0 saturated carbocycles. The maximum atomic E-state index is 12.2. The van der Waals surface area contributed by atoms with Gasteiger partial charge in [0.15, 0.2) is 5.78 Å². The number of hydrogen-bond acceptors (Lipinski definition) is 4. The third-order valence-corrected chi connectivity index (χ3v) is 3.95. The van der Waals surface area contributed by atoms with Gasteiger partial charge in [-0.25, -0.2) is 4.68 Å². The average Bonchev–Trinajstić information content (AvgIpc) is 2.56. The number of aromatic nitrogens is 2. The summed E-state index contributed by atoms with van der Waals surface area (Å²) in [5, 5.41) is 6.39. The van der Waals surface area contributed by atoms with E-state index in [1.54, 1.807) is 24.3 Å². The predicted molar refractivity (Wildman–Crippen MR) is 92.8 cm³/mol. The number of carbonyl (C=O) groups is 2. The van der Waals surface area contributed by atoms with Crippen molar-refractivity contribution in [2.24, 2.45) is 0 Å². The van der Waals surface area contributed by atoms with Crippen LogP contribution in [0.3, 0.4) is 0 Å². The van der Waals surface area contributed by atoms with E-state index in [2.05, 4.69) is 10.4 Å². The molecule has 6 nitrogen and oxygen atoms in total. The first kappa shape index (κ1) is 18.2. The molecule has 0 unspecified atom stereocenters. The summed E-state index contributed by atoms with van der Waals surface area (Å²) >= 11 is 11.4. The van der Waals surface area contributed by atoms with Crippen LogP contribution >= 0.6 is 23.2 Å². The van der Waals surface area contributed by atoms with E-state index in [4.69, 9.17) is 23.2 Å². The third kappa shape index (κ3) is 4.43. The Balaban J connectivity index is 2.09. The number of anilines is 1. The van der Waals surface area contributed by atoms with Gasteiger partial charge in [-0.15, -0.1) is 0 Å². The lowest BCUT2D eigenvalue weighted by molar-refractivity contribution is -0.116. The van der Waals surface area contributed by atoms with Gasteiger partial charge in [0, 0.05) is 17.7 Å². The van der Waals surface area contributed by atoms with Crippen molar-refractivity contribution in [2.45, 2.75) is 26.3 Å². The van der Waals surface area contributed by atoms with E-state index in [0.29, 0.717) is 17.7 Å². The molecular weight excluding hydrogens is 353 g/mol. The topological polar surface area (TPSA) is 81.1 Å². The largest absolute Gasteiger partial charge is 0.326 e. The van der Waals surface area contributed by atoms with Gasteiger partial charge in [0.2, 0.25) is 5.91 Å². The number of carbonyl (C=O) groups excluding carboxylic acids is 2. The molecule has 0 aliphatic heterocycles. The van der Waals surface area contributed by atoms with E-state index in [-0.39, 0.29) is 28.3 Å². The molecule has 0 bridgehead atoms. The zero-order chi connectivity index (χ0) is 17.7. The molecule has 1 aromatic carbocycles. The maximum absolute atomic E-state index is 12.2. The molecule has 1 aromatic heterocycles. The number of benzene rings is 1. The molecule has 0 radical (unpaired) electrons. The van der Waals surface area contributed by atoms with Gasteiger partial charge in [0.25, 0.3) is 5.56 Å². The molecule has 1 heterocycles. The minimum atomic E-state index is -0.624. The lowest BCUT2D eigenvalue weighted by Crippen LogP contribution is -2.27. The monoisotopic (exact) mass is 367 g/mol. The van der Waals surface area contributed by atoms with Crippen molar-refractivity contribution in [1.29, 1.82) is 0 Å². The fraction of sp³-hybridized carbons (Fsp3) is 0.250. The molecule has 8 heteroatoms. The summed E-state index contributed by atoms with van der Waals surface area (Å²) in [7, 11) is 0. The van der Waals surface area contributed by atoms with Gasteiger partial charge < -0.3 is 5.32 Å². The van der Waals surface area contributed by atoms with Crippen molar-refractivity contribution in [2.75, 3.05) is 5.32 Å². The highest BCUT2D eigenvalue weighted by Gasteiger charge is 2.12. The molecule has 1 N–H and O–H groups in total. The molecule has 126 valence electrons. The minimum absolute atomic E-state index is 0.0394. The summed E-state index contributed by atoms with van der Waals surface area (Å²) in [6.45, 7) is 1.66. The van der Waals surface area contributed by atoms with Gasteiger partial charge in [-0.2, -0.15) is 5.10 Å². The lowest BCUT2D eigenvalue weighted by atomic mass is 10.1. The fourth-order valence-electron chi connectivity index (χ4n) is 1.97. The number of amides is 1. The van der Waals surface area contributed by atoms with Crippen molar-refractivity contribution >= 4 is 40.6 Å². The number of nitrogens with zero attached hydrogens (tertiary/aromatic N) is 2. The molecule has 0 saturated heterocycles. The van der Waals surface area contributed by atoms with Crippen LogP contribution in [0.5, 0.6) is 0 Å². The Kier molecular flexibility index (Phi) is 6.11. The van der Waals surface area contributed by atoms with Crippen molar-refractivity contribution in [3.05, 3.63) is 56.4 Å². The smallest absolute Gasteiger partial charge is 0.287 e. The Labute approximate surface area is 148 Å². The first-order valence-electron chi connectivity index (χ1n) is 7.26. The van der Waals surface area contributed by atoms with E-state index in [1.807, 2.05) is 6.92 Å². The minimum Gasteiger partial charge on any atom is -0.326 e. The van der Waals surface area contributed by atoms with Crippen LogP contribution in [-0.4, -0.2) is 21.5 Å². The highest BCUT2D eigenvalue weighted by Crippen LogP contribution is 2.15. The number of nitrogens with one attached hydrogen (secondary N) is 1. The van der Waals surface area contributed by atoms with E-state index in [1.165, 1.54) is 6.20 Å². The average molecular weight is 368 g/mol. The van der Waals surface area contributed by atoms with Crippen molar-refractivity contribution in [1.82, 2.24) is 9.78 Å². The number of Topliss-reactive ketones (excluding diaryl/α,β-unsaturated/α-hetero) is 1. The van der Waals surface area contributed by atoms with Crippen LogP contribution in [-0.2, 0) is 11.3 Å². The summed E-state index contributed by atoms with van der Waals surface area (Å²) in [6.07, 6.45) is 2.41. The Morgan fingerprint density at radius 3 is 2.50 bits per heavy atom. The molecule has 0 aliphatic rings. The molecule has 2 rings (SSSR count). The van der Waals surface area contributed by atoms with Gasteiger partial charge in [0.05, 0.1) is 11.2 Å². The van der Waals surface area contributed by atoms with Gasteiger partial charge in [-0.1, -0.05) is 30.1 Å². The summed E-state index contributed by atoms with van der Waals surface area (Å²) in [4.78, 5) is 35.6. The Morgan fingerprint density at radius 2 is 1.88 bits per heavy atom. The molecule has 0 aliphatic carbocycles. The van der Waals surface area contributed by atoms with E-state index in [9.17, 15) is 14.4 Å².